The van der Waals surface area contributed by atoms with Crippen LogP contribution in [0, 0.1) is 5.82 Å². The third-order valence-corrected chi connectivity index (χ3v) is 9.74. The zero-order valence-corrected chi connectivity index (χ0v) is 25.7. The van der Waals surface area contributed by atoms with Crippen LogP contribution in [0.3, 0.4) is 0 Å². The fourth-order valence-corrected chi connectivity index (χ4v) is 7.03. The number of aromatic nitrogens is 2. The molecule has 1 aliphatic carbocycles. The Morgan fingerprint density at radius 3 is 2.36 bits per heavy atom. The van der Waals surface area contributed by atoms with Crippen LogP contribution in [0.2, 0.25) is 0 Å². The van der Waals surface area contributed by atoms with E-state index in [0.717, 1.165) is 10.4 Å². The van der Waals surface area contributed by atoms with E-state index in [0.29, 0.717) is 16.7 Å². The van der Waals surface area contributed by atoms with Crippen molar-refractivity contribution >= 4 is 26.7 Å². The Kier molecular flexibility index (Phi) is 8.44. The number of sulfonamides is 1. The molecule has 0 unspecified atom stereocenters. The van der Waals surface area contributed by atoms with Crippen LogP contribution in [0.25, 0.3) is 16.6 Å². The van der Waals surface area contributed by atoms with Crippen molar-refractivity contribution in [1.29, 1.82) is 0 Å². The van der Waals surface area contributed by atoms with Crippen molar-refractivity contribution in [3.63, 3.8) is 0 Å². The van der Waals surface area contributed by atoms with Gasteiger partial charge in [-0.1, -0.05) is 17.3 Å². The summed E-state index contributed by atoms with van der Waals surface area (Å²) >= 11 is 0. The highest BCUT2D eigenvalue weighted by molar-refractivity contribution is 7.92. The molecule has 1 saturated carbocycles. The molecule has 15 heteroatoms. The van der Waals surface area contributed by atoms with E-state index in [1.807, 2.05) is 0 Å². The van der Waals surface area contributed by atoms with Crippen LogP contribution in [0.4, 0.5) is 23.4 Å². The molecule has 0 N–H and O–H groups in total. The van der Waals surface area contributed by atoms with Gasteiger partial charge in [0.15, 0.2) is 5.82 Å². The zero-order chi connectivity index (χ0) is 33.5. The van der Waals surface area contributed by atoms with Gasteiger partial charge in [0.1, 0.15) is 23.6 Å². The Balaban J connectivity index is 1.36. The van der Waals surface area contributed by atoms with Crippen LogP contribution in [0.1, 0.15) is 29.9 Å². The van der Waals surface area contributed by atoms with Crippen LogP contribution in [-0.2, 0) is 21.3 Å². The summed E-state index contributed by atoms with van der Waals surface area (Å²) in [5.74, 6) is -0.518. The number of nitrogens with zero attached hydrogens (tertiary/aromatic N) is 3. The lowest BCUT2D eigenvalue weighted by molar-refractivity contribution is -0.351. The first-order valence-electron chi connectivity index (χ1n) is 14.2. The summed E-state index contributed by atoms with van der Waals surface area (Å²) in [5.41, 5.74) is 0.525. The Labute approximate surface area is 265 Å². The fourth-order valence-electron chi connectivity index (χ4n) is 5.60. The van der Waals surface area contributed by atoms with Gasteiger partial charge in [0, 0.05) is 23.6 Å². The number of rotatable bonds is 10. The van der Waals surface area contributed by atoms with E-state index in [1.165, 1.54) is 67.5 Å². The predicted molar refractivity (Wildman–Crippen MR) is 162 cm³/mol. The molecule has 10 nitrogen and oxygen atoms in total. The summed E-state index contributed by atoms with van der Waals surface area (Å²) in [5, 5.41) is 4.18. The SMILES string of the molecule is COc1ccc(CN(c2ccon2)S(=O)(=O)c2ccc3c(ccc(=O)n3-c3cc(F)c([C@H]4C[C@@H](OC(F)(F)F)C4)cc3OC)c2)cc1. The highest BCUT2D eigenvalue weighted by Gasteiger charge is 2.41. The van der Waals surface area contributed by atoms with E-state index in [1.54, 1.807) is 24.3 Å². The molecule has 0 spiro atoms. The molecule has 5 aromatic rings. The second-order valence-corrected chi connectivity index (χ2v) is 12.7. The highest BCUT2D eigenvalue weighted by atomic mass is 32.2. The minimum Gasteiger partial charge on any atom is -0.497 e. The average molecular weight is 674 g/mol. The number of benzene rings is 3. The van der Waals surface area contributed by atoms with E-state index in [4.69, 9.17) is 14.0 Å². The summed E-state index contributed by atoms with van der Waals surface area (Å²) in [6.07, 6.45) is -4.67. The summed E-state index contributed by atoms with van der Waals surface area (Å²) in [7, 11) is -1.40. The fraction of sp³-hybridized carbons (Fsp3) is 0.250. The minimum atomic E-state index is -4.78. The summed E-state index contributed by atoms with van der Waals surface area (Å²) in [6, 6.07) is 17.5. The van der Waals surface area contributed by atoms with Gasteiger partial charge < -0.3 is 14.0 Å². The van der Waals surface area contributed by atoms with Crippen molar-refractivity contribution in [2.75, 3.05) is 18.5 Å². The minimum absolute atomic E-state index is 0.0334. The van der Waals surface area contributed by atoms with Crippen LogP contribution in [0.15, 0.2) is 93.3 Å². The molecular weight excluding hydrogens is 646 g/mol. The Morgan fingerprint density at radius 1 is 0.979 bits per heavy atom. The average Bonchev–Trinajstić information content (AvgIpc) is 3.56. The van der Waals surface area contributed by atoms with E-state index < -0.39 is 39.8 Å². The van der Waals surface area contributed by atoms with Gasteiger partial charge >= 0.3 is 6.36 Å². The van der Waals surface area contributed by atoms with Crippen molar-refractivity contribution < 1.29 is 44.7 Å². The first-order chi connectivity index (χ1) is 22.4. The van der Waals surface area contributed by atoms with Gasteiger partial charge in [0.2, 0.25) is 0 Å². The van der Waals surface area contributed by atoms with Crippen molar-refractivity contribution in [2.45, 2.75) is 42.7 Å². The lowest BCUT2D eigenvalue weighted by Gasteiger charge is -2.36. The van der Waals surface area contributed by atoms with Crippen molar-refractivity contribution in [3.05, 3.63) is 106 Å². The molecule has 2 heterocycles. The molecule has 6 rings (SSSR count). The van der Waals surface area contributed by atoms with E-state index in [2.05, 4.69) is 9.89 Å². The van der Waals surface area contributed by atoms with E-state index in [9.17, 15) is 26.4 Å². The second-order valence-electron chi connectivity index (χ2n) is 10.8. The molecule has 0 saturated heterocycles. The third kappa shape index (κ3) is 6.40. The Morgan fingerprint density at radius 2 is 1.72 bits per heavy atom. The topological polar surface area (TPSA) is 113 Å². The number of alkyl halides is 3. The summed E-state index contributed by atoms with van der Waals surface area (Å²) < 4.78 is 103. The zero-order valence-electron chi connectivity index (χ0n) is 24.9. The van der Waals surface area contributed by atoms with Crippen LogP contribution in [-0.4, -0.2) is 44.8 Å². The molecule has 246 valence electrons. The predicted octanol–water partition coefficient (Wildman–Crippen LogP) is 6.31. The lowest BCUT2D eigenvalue weighted by Crippen LogP contribution is -2.35. The number of anilines is 1. The maximum atomic E-state index is 15.4. The first-order valence-corrected chi connectivity index (χ1v) is 15.7. The molecule has 0 amide bonds. The van der Waals surface area contributed by atoms with E-state index >= 15 is 4.39 Å². The Hall–Kier alpha value is -4.89. The van der Waals surface area contributed by atoms with Crippen LogP contribution >= 0.6 is 0 Å². The standard InChI is InChI=1S/C32H27F4N3O7S/c1-43-22-6-3-19(4-7-22)18-38(30-11-12-45-37-30)47(41,42)24-8-9-27-20(15-24)5-10-31(40)39(27)28-17-26(33)25(16-29(28)44-2)21-13-23(14-21)46-32(34,35)36/h3-12,15-17,21,23H,13-14,18H2,1-2H3/t21-,23+. The van der Waals surface area contributed by atoms with Crippen molar-refractivity contribution in [3.8, 4) is 17.2 Å². The highest BCUT2D eigenvalue weighted by Crippen LogP contribution is 2.44. The van der Waals surface area contributed by atoms with E-state index in [-0.39, 0.29) is 52.6 Å². The lowest BCUT2D eigenvalue weighted by atomic mass is 9.77. The largest absolute Gasteiger partial charge is 0.522 e. The molecule has 47 heavy (non-hydrogen) atoms. The van der Waals surface area contributed by atoms with Gasteiger partial charge in [-0.25, -0.2) is 17.1 Å². The van der Waals surface area contributed by atoms with Crippen LogP contribution in [0.5, 0.6) is 11.5 Å². The molecule has 0 bridgehead atoms. The molecular formula is C32H27F4N3O7S. The monoisotopic (exact) mass is 673 g/mol. The van der Waals surface area contributed by atoms with Gasteiger partial charge in [-0.2, -0.15) is 0 Å². The van der Waals surface area contributed by atoms with Crippen LogP contribution < -0.4 is 19.3 Å². The van der Waals surface area contributed by atoms with Gasteiger partial charge in [-0.15, -0.1) is 13.2 Å². The number of ether oxygens (including phenoxy) is 3. The van der Waals surface area contributed by atoms with Crippen molar-refractivity contribution in [2.24, 2.45) is 0 Å². The quantitative estimate of drug-likeness (QED) is 0.159. The third-order valence-electron chi connectivity index (χ3n) is 7.99. The normalized spacial score (nSPS) is 16.6. The number of hydrogen-bond donors (Lipinski definition) is 0. The molecule has 1 aliphatic rings. The maximum Gasteiger partial charge on any atom is 0.522 e. The molecule has 1 fully saturated rings. The van der Waals surface area contributed by atoms with Crippen molar-refractivity contribution in [1.82, 2.24) is 9.72 Å². The maximum absolute atomic E-state index is 15.4. The van der Waals surface area contributed by atoms with Gasteiger partial charge in [-0.3, -0.25) is 14.1 Å². The van der Waals surface area contributed by atoms with Gasteiger partial charge in [0.05, 0.1) is 43.0 Å². The first kappa shape index (κ1) is 32.1. The number of fused-ring (bicyclic) bond motifs is 1. The number of hydrogen-bond acceptors (Lipinski definition) is 8. The van der Waals surface area contributed by atoms with Gasteiger partial charge in [0.25, 0.3) is 15.6 Å². The molecule has 2 aromatic heterocycles. The smallest absolute Gasteiger partial charge is 0.497 e. The van der Waals surface area contributed by atoms with Gasteiger partial charge in [-0.05, 0) is 72.4 Å². The molecule has 0 radical (unpaired) electrons. The molecule has 0 atom stereocenters. The molecule has 3 aromatic carbocycles. The number of pyridine rings is 1. The number of methoxy groups -OCH3 is 2. The molecule has 0 aliphatic heterocycles. The Bertz CT molecular complexity index is 2080. The summed E-state index contributed by atoms with van der Waals surface area (Å²) in [4.78, 5) is 13.1. The number of halogens is 4. The summed E-state index contributed by atoms with van der Waals surface area (Å²) in [6.45, 7) is -0.0801. The second kappa shape index (κ2) is 12.4.